The molecule has 166 valence electrons. The molecule has 0 radical (unpaired) electrons. The van der Waals surface area contributed by atoms with Gasteiger partial charge < -0.3 is 15.0 Å². The molecule has 1 saturated carbocycles. The molecule has 8 nitrogen and oxygen atoms in total. The highest BCUT2D eigenvalue weighted by Crippen LogP contribution is 2.41. The van der Waals surface area contributed by atoms with E-state index in [0.29, 0.717) is 40.0 Å². The molecule has 1 aromatic carbocycles. The van der Waals surface area contributed by atoms with Crippen LogP contribution in [0.2, 0.25) is 5.02 Å². The highest BCUT2D eigenvalue weighted by Gasteiger charge is 2.43. The largest absolute Gasteiger partial charge is 0.379 e. The van der Waals surface area contributed by atoms with Crippen molar-refractivity contribution in [2.24, 2.45) is 11.8 Å². The minimum absolute atomic E-state index is 0.0113. The summed E-state index contributed by atoms with van der Waals surface area (Å²) in [6, 6.07) is -0.0113. The molecular weight excluding hydrogens is 440 g/mol. The van der Waals surface area contributed by atoms with Gasteiger partial charge in [-0.2, -0.15) is 5.10 Å². The van der Waals surface area contributed by atoms with Crippen LogP contribution < -0.4 is 10.6 Å². The second-order valence-electron chi connectivity index (χ2n) is 8.25. The van der Waals surface area contributed by atoms with Gasteiger partial charge in [-0.05, 0) is 26.2 Å². The van der Waals surface area contributed by atoms with Crippen LogP contribution in [-0.2, 0) is 4.79 Å². The average Bonchev–Trinajstić information content (AvgIpc) is 3.22. The van der Waals surface area contributed by atoms with E-state index in [0.717, 1.165) is 0 Å². The Hall–Kier alpha value is -3.27. The van der Waals surface area contributed by atoms with Gasteiger partial charge in [0.15, 0.2) is 17.3 Å². The van der Waals surface area contributed by atoms with Crippen LogP contribution in [0.1, 0.15) is 20.3 Å². The van der Waals surface area contributed by atoms with Gasteiger partial charge in [0, 0.05) is 29.1 Å². The molecule has 0 unspecified atom stereocenters. The van der Waals surface area contributed by atoms with Gasteiger partial charge >= 0.3 is 0 Å². The zero-order valence-corrected chi connectivity index (χ0v) is 18.0. The molecule has 1 aliphatic carbocycles. The lowest BCUT2D eigenvalue weighted by atomic mass is 10.1. The number of hydrogen-bond acceptors (Lipinski definition) is 5. The van der Waals surface area contributed by atoms with Crippen LogP contribution in [0.3, 0.4) is 0 Å². The van der Waals surface area contributed by atoms with E-state index in [9.17, 15) is 9.18 Å². The second kappa shape index (κ2) is 7.70. The number of carbonyl (C=O) groups is 1. The molecule has 11 heteroatoms. The summed E-state index contributed by atoms with van der Waals surface area (Å²) < 4.78 is 29.5. The molecule has 4 aromatic rings. The number of aromatic amines is 1. The number of imidazole rings is 1. The van der Waals surface area contributed by atoms with Crippen molar-refractivity contribution in [2.45, 2.75) is 26.3 Å². The third kappa shape index (κ3) is 3.44. The Balaban J connectivity index is 1.53. The standard InChI is InChI=1S/C21H20ClF2N7O/c1-9(2)27-20-18(24)17(22)16(12-5-26-30-19(12)20)13-7-31-8-14(28-15(31)6-25-13)29-21(32)11-3-10(11)4-23/h5-11,27H,3-4H2,1-2H3,(H,26,30)(H,29,32)/t10-,11-/m1/s1. The van der Waals surface area contributed by atoms with E-state index in [4.69, 9.17) is 11.6 Å². The number of nitrogens with one attached hydrogen (secondary N) is 3. The van der Waals surface area contributed by atoms with Gasteiger partial charge in [0.25, 0.3) is 0 Å². The van der Waals surface area contributed by atoms with Crippen molar-refractivity contribution in [1.29, 1.82) is 0 Å². The fourth-order valence-corrected chi connectivity index (χ4v) is 4.13. The topological polar surface area (TPSA) is 100 Å². The van der Waals surface area contributed by atoms with Crippen LogP contribution in [0.15, 0.2) is 24.8 Å². The van der Waals surface area contributed by atoms with Crippen molar-refractivity contribution < 1.29 is 13.6 Å². The molecule has 1 amide bonds. The maximum atomic E-state index is 15.2. The van der Waals surface area contributed by atoms with Crippen LogP contribution >= 0.6 is 11.6 Å². The molecule has 0 saturated heterocycles. The summed E-state index contributed by atoms with van der Waals surface area (Å²) in [6.45, 7) is 3.30. The third-order valence-electron chi connectivity index (χ3n) is 5.53. The first-order valence-electron chi connectivity index (χ1n) is 10.2. The summed E-state index contributed by atoms with van der Waals surface area (Å²) in [4.78, 5) is 20.9. The van der Waals surface area contributed by atoms with E-state index in [1.54, 1.807) is 23.0 Å². The first kappa shape index (κ1) is 20.6. The summed E-state index contributed by atoms with van der Waals surface area (Å²) in [7, 11) is 0. The molecule has 5 rings (SSSR count). The van der Waals surface area contributed by atoms with Gasteiger partial charge in [-0.15, -0.1) is 0 Å². The SMILES string of the molecule is CC(C)Nc1c(F)c(Cl)c(-c2cn3cc(NC(=O)[C@@H]4C[C@@H]4CF)nc3cn2)c2cn[nH]c12. The van der Waals surface area contributed by atoms with Crippen molar-refractivity contribution in [2.75, 3.05) is 17.3 Å². The summed E-state index contributed by atoms with van der Waals surface area (Å²) in [5, 5.41) is 13.2. The molecule has 2 atom stereocenters. The van der Waals surface area contributed by atoms with Gasteiger partial charge in [-0.3, -0.25) is 19.3 Å². The first-order chi connectivity index (χ1) is 15.4. The lowest BCUT2D eigenvalue weighted by Crippen LogP contribution is -2.15. The predicted octanol–water partition coefficient (Wildman–Crippen LogP) is 4.43. The van der Waals surface area contributed by atoms with Crippen molar-refractivity contribution in [3.63, 3.8) is 0 Å². The van der Waals surface area contributed by atoms with Crippen molar-refractivity contribution in [3.05, 3.63) is 35.6 Å². The van der Waals surface area contributed by atoms with E-state index in [1.165, 1.54) is 6.20 Å². The average molecular weight is 460 g/mol. The van der Waals surface area contributed by atoms with E-state index in [-0.39, 0.29) is 34.5 Å². The molecule has 32 heavy (non-hydrogen) atoms. The maximum Gasteiger partial charge on any atom is 0.229 e. The maximum absolute atomic E-state index is 15.2. The molecule has 0 spiro atoms. The Morgan fingerprint density at radius 3 is 2.91 bits per heavy atom. The van der Waals surface area contributed by atoms with E-state index in [1.807, 2.05) is 13.8 Å². The van der Waals surface area contributed by atoms with Crippen molar-refractivity contribution in [3.8, 4) is 11.3 Å². The van der Waals surface area contributed by atoms with E-state index < -0.39 is 12.5 Å². The predicted molar refractivity (Wildman–Crippen MR) is 118 cm³/mol. The van der Waals surface area contributed by atoms with Crippen LogP contribution in [0, 0.1) is 17.7 Å². The van der Waals surface area contributed by atoms with Crippen LogP contribution in [0.25, 0.3) is 27.8 Å². The summed E-state index contributed by atoms with van der Waals surface area (Å²) in [5.74, 6) is -1.03. The van der Waals surface area contributed by atoms with Gasteiger partial charge in [-0.1, -0.05) is 11.6 Å². The molecule has 3 heterocycles. The summed E-state index contributed by atoms with van der Waals surface area (Å²) >= 11 is 6.44. The van der Waals surface area contributed by atoms with Gasteiger partial charge in [-0.25, -0.2) is 9.37 Å². The Morgan fingerprint density at radius 1 is 1.38 bits per heavy atom. The van der Waals surface area contributed by atoms with Crippen LogP contribution in [0.5, 0.6) is 0 Å². The zero-order chi connectivity index (χ0) is 22.6. The van der Waals surface area contributed by atoms with Gasteiger partial charge in [0.2, 0.25) is 5.91 Å². The molecule has 3 N–H and O–H groups in total. The quantitative estimate of drug-likeness (QED) is 0.396. The molecule has 0 aliphatic heterocycles. The lowest BCUT2D eigenvalue weighted by Gasteiger charge is -2.15. The Labute approximate surface area is 186 Å². The van der Waals surface area contributed by atoms with Crippen molar-refractivity contribution >= 4 is 45.6 Å². The highest BCUT2D eigenvalue weighted by molar-refractivity contribution is 6.35. The molecule has 1 fully saturated rings. The Bertz CT molecular complexity index is 1350. The van der Waals surface area contributed by atoms with Crippen LogP contribution in [0.4, 0.5) is 20.3 Å². The van der Waals surface area contributed by atoms with Gasteiger partial charge in [0.1, 0.15) is 0 Å². The lowest BCUT2D eigenvalue weighted by molar-refractivity contribution is -0.117. The Morgan fingerprint density at radius 2 is 2.19 bits per heavy atom. The number of rotatable bonds is 6. The van der Waals surface area contributed by atoms with Gasteiger partial charge in [0.05, 0.1) is 47.2 Å². The number of aromatic nitrogens is 5. The monoisotopic (exact) mass is 459 g/mol. The number of anilines is 2. The second-order valence-corrected chi connectivity index (χ2v) is 8.62. The fourth-order valence-electron chi connectivity index (χ4n) is 3.84. The number of H-pyrrole nitrogens is 1. The first-order valence-corrected chi connectivity index (χ1v) is 10.6. The number of benzene rings is 1. The Kier molecular flexibility index (Phi) is 4.96. The molecule has 3 aromatic heterocycles. The fraction of sp³-hybridized carbons (Fsp3) is 0.333. The number of hydrogen-bond donors (Lipinski definition) is 3. The number of halogens is 3. The van der Waals surface area contributed by atoms with E-state index >= 15 is 4.39 Å². The number of amides is 1. The highest BCUT2D eigenvalue weighted by atomic mass is 35.5. The minimum atomic E-state index is -0.598. The summed E-state index contributed by atoms with van der Waals surface area (Å²) in [6.07, 6.45) is 6.91. The van der Waals surface area contributed by atoms with E-state index in [2.05, 4.69) is 30.8 Å². The smallest absolute Gasteiger partial charge is 0.229 e. The number of fused-ring (bicyclic) bond motifs is 2. The zero-order valence-electron chi connectivity index (χ0n) is 17.3. The number of carbonyl (C=O) groups excluding carboxylic acids is 1. The normalized spacial score (nSPS) is 17.9. The molecular formula is C21H20ClF2N7O. The molecule has 0 bridgehead atoms. The number of nitrogens with zero attached hydrogens (tertiary/aromatic N) is 4. The number of alkyl halides is 1. The third-order valence-corrected chi connectivity index (χ3v) is 5.88. The summed E-state index contributed by atoms with van der Waals surface area (Å²) in [5.41, 5.74) is 2.04. The van der Waals surface area contributed by atoms with Crippen LogP contribution in [-0.4, -0.2) is 43.2 Å². The minimum Gasteiger partial charge on any atom is -0.379 e. The molecule has 1 aliphatic rings. The van der Waals surface area contributed by atoms with Crippen molar-refractivity contribution in [1.82, 2.24) is 24.6 Å².